The first-order chi connectivity index (χ1) is 12.5. The monoisotopic (exact) mass is 373 g/mol. The van der Waals surface area contributed by atoms with E-state index in [1.807, 2.05) is 23.1 Å². The van der Waals surface area contributed by atoms with Gasteiger partial charge in [-0.2, -0.15) is 0 Å². The topological polar surface area (TPSA) is 36.0 Å². The Kier molecular flexibility index (Phi) is 6.01. The van der Waals surface area contributed by atoms with Gasteiger partial charge in [-0.3, -0.25) is 4.79 Å². The van der Waals surface area contributed by atoms with Gasteiger partial charge in [0.2, 0.25) is 0 Å². The Hall–Kier alpha value is -2.24. The predicted octanol–water partition coefficient (Wildman–Crippen LogP) is 3.13. The van der Waals surface area contributed by atoms with Crippen LogP contribution in [-0.4, -0.2) is 57.7 Å². The molecule has 0 spiro atoms. The first-order valence-electron chi connectivity index (χ1n) is 8.72. The number of likely N-dealkylation sites (N-methyl/N-ethyl adjacent to an activating group) is 1. The maximum Gasteiger partial charge on any atom is 0.265 e. The highest BCUT2D eigenvalue weighted by molar-refractivity contribution is 6.30. The van der Waals surface area contributed by atoms with Crippen molar-refractivity contribution in [3.05, 3.63) is 53.6 Å². The third kappa shape index (κ3) is 4.48. The zero-order valence-electron chi connectivity index (χ0n) is 15.2. The van der Waals surface area contributed by atoms with E-state index in [-0.39, 0.29) is 12.5 Å². The van der Waals surface area contributed by atoms with Crippen molar-refractivity contribution >= 4 is 28.9 Å². The highest BCUT2D eigenvalue weighted by Gasteiger charge is 2.26. The van der Waals surface area contributed by atoms with E-state index in [0.717, 1.165) is 31.0 Å². The standard InChI is InChI=1S/C20H24ClN3O2/c1-22(2)11-12-23-13-14-24(19-6-4-3-5-18(19)23)20(25)15-26-17-9-7-16(21)8-10-17/h3-10H,11-15H2,1-2H3. The van der Waals surface area contributed by atoms with Crippen LogP contribution < -0.4 is 14.5 Å². The summed E-state index contributed by atoms with van der Waals surface area (Å²) in [6.45, 7) is 3.40. The third-order valence-electron chi connectivity index (χ3n) is 4.40. The molecule has 1 heterocycles. The third-order valence-corrected chi connectivity index (χ3v) is 4.65. The summed E-state index contributed by atoms with van der Waals surface area (Å²) in [4.78, 5) is 19.0. The number of rotatable bonds is 6. The molecule has 0 N–H and O–H groups in total. The molecule has 1 amide bonds. The lowest BCUT2D eigenvalue weighted by Gasteiger charge is -2.38. The summed E-state index contributed by atoms with van der Waals surface area (Å²) in [5, 5.41) is 0.645. The smallest absolute Gasteiger partial charge is 0.265 e. The number of anilines is 2. The van der Waals surface area contributed by atoms with Crippen molar-refractivity contribution < 1.29 is 9.53 Å². The summed E-state index contributed by atoms with van der Waals surface area (Å²) in [6, 6.07) is 15.1. The zero-order chi connectivity index (χ0) is 18.5. The average molecular weight is 374 g/mol. The quantitative estimate of drug-likeness (QED) is 0.779. The van der Waals surface area contributed by atoms with Gasteiger partial charge in [-0.1, -0.05) is 23.7 Å². The molecule has 0 saturated carbocycles. The van der Waals surface area contributed by atoms with Crippen LogP contribution in [0.1, 0.15) is 0 Å². The highest BCUT2D eigenvalue weighted by atomic mass is 35.5. The van der Waals surface area contributed by atoms with Gasteiger partial charge < -0.3 is 19.4 Å². The molecule has 0 atom stereocenters. The van der Waals surface area contributed by atoms with E-state index >= 15 is 0 Å². The number of fused-ring (bicyclic) bond motifs is 1. The Bertz CT molecular complexity index is 749. The van der Waals surface area contributed by atoms with Crippen LogP contribution in [0.2, 0.25) is 5.02 Å². The number of halogens is 1. The number of carbonyl (C=O) groups is 1. The van der Waals surface area contributed by atoms with Gasteiger partial charge in [-0.25, -0.2) is 0 Å². The Morgan fingerprint density at radius 1 is 1.08 bits per heavy atom. The van der Waals surface area contributed by atoms with E-state index in [4.69, 9.17) is 16.3 Å². The number of para-hydroxylation sites is 2. The SMILES string of the molecule is CN(C)CCN1CCN(C(=O)COc2ccc(Cl)cc2)c2ccccc21. The van der Waals surface area contributed by atoms with Crippen molar-refractivity contribution in [3.63, 3.8) is 0 Å². The molecule has 6 heteroatoms. The Labute approximate surface area is 159 Å². The maximum absolute atomic E-state index is 12.7. The Morgan fingerprint density at radius 3 is 2.46 bits per heavy atom. The summed E-state index contributed by atoms with van der Waals surface area (Å²) in [6.07, 6.45) is 0. The molecule has 1 aliphatic heterocycles. The molecule has 0 radical (unpaired) electrons. The lowest BCUT2D eigenvalue weighted by Crippen LogP contribution is -2.47. The van der Waals surface area contributed by atoms with Crippen LogP contribution in [0.25, 0.3) is 0 Å². The molecule has 26 heavy (non-hydrogen) atoms. The number of ether oxygens (including phenoxy) is 1. The number of nitrogens with zero attached hydrogens (tertiary/aromatic N) is 3. The van der Waals surface area contributed by atoms with Gasteiger partial charge in [0, 0.05) is 31.2 Å². The van der Waals surface area contributed by atoms with Crippen molar-refractivity contribution in [2.45, 2.75) is 0 Å². The summed E-state index contributed by atoms with van der Waals surface area (Å²) >= 11 is 5.87. The molecule has 3 rings (SSSR count). The summed E-state index contributed by atoms with van der Waals surface area (Å²) in [7, 11) is 4.14. The van der Waals surface area contributed by atoms with E-state index in [9.17, 15) is 4.79 Å². The zero-order valence-corrected chi connectivity index (χ0v) is 15.9. The molecule has 138 valence electrons. The maximum atomic E-state index is 12.7. The molecule has 5 nitrogen and oxygen atoms in total. The van der Waals surface area contributed by atoms with Gasteiger partial charge in [-0.15, -0.1) is 0 Å². The van der Waals surface area contributed by atoms with Crippen LogP contribution in [0.4, 0.5) is 11.4 Å². The number of carbonyl (C=O) groups excluding carboxylic acids is 1. The Balaban J connectivity index is 1.68. The lowest BCUT2D eigenvalue weighted by atomic mass is 10.1. The molecule has 0 saturated heterocycles. The first-order valence-corrected chi connectivity index (χ1v) is 9.10. The molecule has 0 fully saturated rings. The minimum atomic E-state index is -0.0420. The van der Waals surface area contributed by atoms with Crippen LogP contribution in [0.5, 0.6) is 5.75 Å². The highest BCUT2D eigenvalue weighted by Crippen LogP contribution is 2.32. The number of amides is 1. The van der Waals surface area contributed by atoms with Gasteiger partial charge in [0.1, 0.15) is 5.75 Å². The van der Waals surface area contributed by atoms with Gasteiger partial charge in [0.25, 0.3) is 5.91 Å². The Morgan fingerprint density at radius 2 is 1.77 bits per heavy atom. The molecular weight excluding hydrogens is 350 g/mol. The molecule has 0 bridgehead atoms. The minimum absolute atomic E-state index is 0.00760. The normalized spacial score (nSPS) is 13.7. The number of benzene rings is 2. The van der Waals surface area contributed by atoms with Crippen molar-refractivity contribution in [1.82, 2.24) is 4.90 Å². The largest absolute Gasteiger partial charge is 0.484 e. The fraction of sp³-hybridized carbons (Fsp3) is 0.350. The first kappa shape index (κ1) is 18.5. The molecular formula is C20H24ClN3O2. The van der Waals surface area contributed by atoms with E-state index < -0.39 is 0 Å². The second-order valence-corrected chi connectivity index (χ2v) is 7.00. The van der Waals surface area contributed by atoms with E-state index in [2.05, 4.69) is 30.0 Å². The van der Waals surface area contributed by atoms with Crippen LogP contribution in [0.3, 0.4) is 0 Å². The van der Waals surface area contributed by atoms with E-state index in [1.54, 1.807) is 24.3 Å². The van der Waals surface area contributed by atoms with E-state index in [0.29, 0.717) is 17.3 Å². The van der Waals surface area contributed by atoms with Crippen LogP contribution in [0, 0.1) is 0 Å². The van der Waals surface area contributed by atoms with Gasteiger partial charge in [0.15, 0.2) is 6.61 Å². The van der Waals surface area contributed by atoms with Gasteiger partial charge >= 0.3 is 0 Å². The second-order valence-electron chi connectivity index (χ2n) is 6.57. The lowest BCUT2D eigenvalue weighted by molar-refractivity contribution is -0.120. The number of hydrogen-bond donors (Lipinski definition) is 0. The molecule has 0 unspecified atom stereocenters. The summed E-state index contributed by atoms with van der Waals surface area (Å²) < 4.78 is 5.63. The molecule has 2 aromatic rings. The fourth-order valence-corrected chi connectivity index (χ4v) is 3.11. The predicted molar refractivity (Wildman–Crippen MR) is 107 cm³/mol. The van der Waals surface area contributed by atoms with Crippen molar-refractivity contribution in [2.24, 2.45) is 0 Å². The fourth-order valence-electron chi connectivity index (χ4n) is 2.99. The minimum Gasteiger partial charge on any atom is -0.484 e. The van der Waals surface area contributed by atoms with Crippen LogP contribution in [-0.2, 0) is 4.79 Å². The van der Waals surface area contributed by atoms with Gasteiger partial charge in [0.05, 0.1) is 11.4 Å². The molecule has 0 aromatic heterocycles. The van der Waals surface area contributed by atoms with Crippen molar-refractivity contribution in [1.29, 1.82) is 0 Å². The summed E-state index contributed by atoms with van der Waals surface area (Å²) in [5.41, 5.74) is 2.04. The second kappa shape index (κ2) is 8.43. The van der Waals surface area contributed by atoms with Crippen molar-refractivity contribution in [2.75, 3.05) is 56.7 Å². The molecule has 0 aliphatic carbocycles. The van der Waals surface area contributed by atoms with E-state index in [1.165, 1.54) is 0 Å². The average Bonchev–Trinajstić information content (AvgIpc) is 2.65. The van der Waals surface area contributed by atoms with Crippen LogP contribution in [0.15, 0.2) is 48.5 Å². The van der Waals surface area contributed by atoms with Crippen LogP contribution >= 0.6 is 11.6 Å². The summed E-state index contributed by atoms with van der Waals surface area (Å²) in [5.74, 6) is 0.598. The van der Waals surface area contributed by atoms with Crippen molar-refractivity contribution in [3.8, 4) is 5.75 Å². The molecule has 2 aromatic carbocycles. The number of hydrogen-bond acceptors (Lipinski definition) is 4. The molecule has 1 aliphatic rings. The van der Waals surface area contributed by atoms with Gasteiger partial charge in [-0.05, 0) is 50.5 Å².